The molecule has 0 atom stereocenters. The van der Waals surface area contributed by atoms with Crippen LogP contribution in [0.1, 0.15) is 0 Å². The molecule has 0 radical (unpaired) electrons. The van der Waals surface area contributed by atoms with Crippen LogP contribution in [0.15, 0.2) is 41.8 Å². The Bertz CT molecular complexity index is 394. The van der Waals surface area contributed by atoms with Gasteiger partial charge in [0.05, 0.1) is 5.00 Å². The number of hydrogen-bond donors (Lipinski definition) is 0. The molecule has 0 spiro atoms. The maximum atomic E-state index is 5.83. The van der Waals surface area contributed by atoms with E-state index in [4.69, 9.17) is 11.6 Å². The topological polar surface area (TPSA) is 3.24 Å². The third kappa shape index (κ3) is 1.91. The summed E-state index contributed by atoms with van der Waals surface area (Å²) in [5.74, 6) is 0. The average molecular weight is 224 g/mol. The van der Waals surface area contributed by atoms with Crippen molar-refractivity contribution in [3.63, 3.8) is 0 Å². The summed E-state index contributed by atoms with van der Waals surface area (Å²) in [6.07, 6.45) is 0. The van der Waals surface area contributed by atoms with Crippen molar-refractivity contribution in [2.24, 2.45) is 0 Å². The predicted molar refractivity (Wildman–Crippen MR) is 63.8 cm³/mol. The minimum atomic E-state index is 0.772. The number of thiophene rings is 1. The summed E-state index contributed by atoms with van der Waals surface area (Å²) in [6.45, 7) is 0. The molecule has 3 heteroatoms. The van der Waals surface area contributed by atoms with Gasteiger partial charge in [0.15, 0.2) is 0 Å². The highest BCUT2D eigenvalue weighted by Gasteiger charge is 2.03. The monoisotopic (exact) mass is 223 g/mol. The molecule has 0 aliphatic heterocycles. The van der Waals surface area contributed by atoms with E-state index in [0.717, 1.165) is 10.7 Å². The van der Waals surface area contributed by atoms with Gasteiger partial charge in [-0.2, -0.15) is 0 Å². The Kier molecular flexibility index (Phi) is 2.75. The molecule has 0 N–H and O–H groups in total. The van der Waals surface area contributed by atoms with Crippen molar-refractivity contribution in [3.8, 4) is 0 Å². The molecular formula is C11H10ClNS. The van der Waals surface area contributed by atoms with Crippen LogP contribution in [0.25, 0.3) is 0 Å². The summed E-state index contributed by atoms with van der Waals surface area (Å²) in [4.78, 5) is 2.14. The Morgan fingerprint density at radius 3 is 2.43 bits per heavy atom. The SMILES string of the molecule is CN(c1ccc(Cl)cc1)c1cccs1. The molecule has 72 valence electrons. The van der Waals surface area contributed by atoms with E-state index in [1.165, 1.54) is 5.00 Å². The zero-order valence-corrected chi connectivity index (χ0v) is 9.35. The van der Waals surface area contributed by atoms with Crippen molar-refractivity contribution >= 4 is 33.6 Å². The minimum absolute atomic E-state index is 0.772. The van der Waals surface area contributed by atoms with E-state index in [1.54, 1.807) is 11.3 Å². The zero-order chi connectivity index (χ0) is 9.97. The lowest BCUT2D eigenvalue weighted by molar-refractivity contribution is 1.24. The molecule has 1 aromatic heterocycles. The highest BCUT2D eigenvalue weighted by molar-refractivity contribution is 7.14. The first kappa shape index (κ1) is 9.56. The summed E-state index contributed by atoms with van der Waals surface area (Å²) in [7, 11) is 2.05. The van der Waals surface area contributed by atoms with Crippen molar-refractivity contribution in [3.05, 3.63) is 46.8 Å². The highest BCUT2D eigenvalue weighted by atomic mass is 35.5. The van der Waals surface area contributed by atoms with Crippen LogP contribution in [0.4, 0.5) is 10.7 Å². The van der Waals surface area contributed by atoms with E-state index in [1.807, 2.05) is 30.3 Å². The molecule has 0 aliphatic carbocycles. The van der Waals surface area contributed by atoms with Gasteiger partial charge in [0.25, 0.3) is 0 Å². The van der Waals surface area contributed by atoms with Crippen LogP contribution < -0.4 is 4.90 Å². The van der Waals surface area contributed by atoms with E-state index < -0.39 is 0 Å². The second kappa shape index (κ2) is 4.03. The van der Waals surface area contributed by atoms with E-state index in [-0.39, 0.29) is 0 Å². The first-order valence-corrected chi connectivity index (χ1v) is 5.56. The lowest BCUT2D eigenvalue weighted by Gasteiger charge is -2.16. The van der Waals surface area contributed by atoms with Gasteiger partial charge in [-0.3, -0.25) is 0 Å². The van der Waals surface area contributed by atoms with Crippen molar-refractivity contribution < 1.29 is 0 Å². The molecule has 2 aromatic rings. The predicted octanol–water partition coefficient (Wildman–Crippen LogP) is 4.17. The van der Waals surface area contributed by atoms with E-state index in [0.29, 0.717) is 0 Å². The lowest BCUT2D eigenvalue weighted by Crippen LogP contribution is -2.06. The number of rotatable bonds is 2. The van der Waals surface area contributed by atoms with Crippen molar-refractivity contribution in [2.45, 2.75) is 0 Å². The fourth-order valence-electron chi connectivity index (χ4n) is 1.25. The van der Waals surface area contributed by atoms with E-state index in [9.17, 15) is 0 Å². The maximum Gasteiger partial charge on any atom is 0.0950 e. The molecule has 0 fully saturated rings. The van der Waals surface area contributed by atoms with Crippen molar-refractivity contribution in [2.75, 3.05) is 11.9 Å². The molecule has 2 rings (SSSR count). The van der Waals surface area contributed by atoms with Gasteiger partial charge < -0.3 is 4.90 Å². The summed E-state index contributed by atoms with van der Waals surface area (Å²) in [5.41, 5.74) is 1.15. The summed E-state index contributed by atoms with van der Waals surface area (Å²) < 4.78 is 0. The van der Waals surface area contributed by atoms with Gasteiger partial charge >= 0.3 is 0 Å². The minimum Gasteiger partial charge on any atom is -0.336 e. The third-order valence-electron chi connectivity index (χ3n) is 2.05. The van der Waals surface area contributed by atoms with Crippen LogP contribution in [0, 0.1) is 0 Å². The third-order valence-corrected chi connectivity index (χ3v) is 3.25. The molecule has 1 heterocycles. The second-order valence-corrected chi connectivity index (χ2v) is 4.35. The normalized spacial score (nSPS) is 10.1. The van der Waals surface area contributed by atoms with Gasteiger partial charge in [-0.05, 0) is 41.8 Å². The van der Waals surface area contributed by atoms with Gasteiger partial charge in [0, 0.05) is 17.8 Å². The Balaban J connectivity index is 2.28. The number of anilines is 2. The molecule has 0 bridgehead atoms. The van der Waals surface area contributed by atoms with Crippen LogP contribution in [-0.4, -0.2) is 7.05 Å². The number of benzene rings is 1. The highest BCUT2D eigenvalue weighted by Crippen LogP contribution is 2.28. The molecule has 1 aromatic carbocycles. The number of nitrogens with zero attached hydrogens (tertiary/aromatic N) is 1. The fraction of sp³-hybridized carbons (Fsp3) is 0.0909. The van der Waals surface area contributed by atoms with Gasteiger partial charge in [-0.25, -0.2) is 0 Å². The average Bonchev–Trinajstić information content (AvgIpc) is 2.71. The van der Waals surface area contributed by atoms with Gasteiger partial charge in [0.1, 0.15) is 0 Å². The fourth-order valence-corrected chi connectivity index (χ4v) is 2.10. The van der Waals surface area contributed by atoms with E-state index >= 15 is 0 Å². The zero-order valence-electron chi connectivity index (χ0n) is 7.77. The Hall–Kier alpha value is -0.990. The van der Waals surface area contributed by atoms with Gasteiger partial charge in [-0.1, -0.05) is 11.6 Å². The second-order valence-electron chi connectivity index (χ2n) is 2.99. The molecule has 0 saturated heterocycles. The molecule has 1 nitrogen and oxygen atoms in total. The molecular weight excluding hydrogens is 214 g/mol. The molecule has 14 heavy (non-hydrogen) atoms. The smallest absolute Gasteiger partial charge is 0.0950 e. The van der Waals surface area contributed by atoms with Crippen molar-refractivity contribution in [1.82, 2.24) is 0 Å². The first-order chi connectivity index (χ1) is 6.77. The lowest BCUT2D eigenvalue weighted by atomic mass is 10.3. The van der Waals surface area contributed by atoms with E-state index in [2.05, 4.69) is 23.4 Å². The molecule has 0 saturated carbocycles. The first-order valence-electron chi connectivity index (χ1n) is 4.30. The maximum absolute atomic E-state index is 5.83. The van der Waals surface area contributed by atoms with Gasteiger partial charge in [0.2, 0.25) is 0 Å². The van der Waals surface area contributed by atoms with Gasteiger partial charge in [-0.15, -0.1) is 11.3 Å². The van der Waals surface area contributed by atoms with Crippen LogP contribution in [0.5, 0.6) is 0 Å². The summed E-state index contributed by atoms with van der Waals surface area (Å²) in [5, 5.41) is 4.07. The molecule has 0 amide bonds. The largest absolute Gasteiger partial charge is 0.336 e. The number of hydrogen-bond acceptors (Lipinski definition) is 2. The summed E-state index contributed by atoms with van der Waals surface area (Å²) in [6, 6.07) is 12.0. The standard InChI is InChI=1S/C11H10ClNS/c1-13(11-3-2-8-14-11)10-6-4-9(12)5-7-10/h2-8H,1H3. The summed E-state index contributed by atoms with van der Waals surface area (Å²) >= 11 is 7.55. The quantitative estimate of drug-likeness (QED) is 0.739. The number of halogens is 1. The molecule has 0 aliphatic rings. The Morgan fingerprint density at radius 1 is 1.14 bits per heavy atom. The van der Waals surface area contributed by atoms with Crippen LogP contribution in [-0.2, 0) is 0 Å². The van der Waals surface area contributed by atoms with Crippen LogP contribution in [0.3, 0.4) is 0 Å². The Morgan fingerprint density at radius 2 is 1.86 bits per heavy atom. The van der Waals surface area contributed by atoms with Crippen molar-refractivity contribution in [1.29, 1.82) is 0 Å². The Labute approximate surface area is 92.6 Å². The van der Waals surface area contributed by atoms with Crippen LogP contribution in [0.2, 0.25) is 5.02 Å². The molecule has 0 unspecified atom stereocenters. The van der Waals surface area contributed by atoms with Crippen LogP contribution >= 0.6 is 22.9 Å².